The van der Waals surface area contributed by atoms with E-state index in [9.17, 15) is 0 Å². The maximum absolute atomic E-state index is 4.80. The summed E-state index contributed by atoms with van der Waals surface area (Å²) in [5.41, 5.74) is 8.04. The van der Waals surface area contributed by atoms with Crippen molar-refractivity contribution in [3.63, 3.8) is 0 Å². The van der Waals surface area contributed by atoms with E-state index >= 15 is 0 Å². The lowest BCUT2D eigenvalue weighted by Gasteiger charge is -2.20. The van der Waals surface area contributed by atoms with Gasteiger partial charge in [-0.25, -0.2) is 19.9 Å². The Balaban J connectivity index is 1.61. The molecule has 1 atom stereocenters. The van der Waals surface area contributed by atoms with Gasteiger partial charge in [0.1, 0.15) is 0 Å². The Morgan fingerprint density at radius 3 is 1.90 bits per heavy atom. The molecule has 0 saturated heterocycles. The van der Waals surface area contributed by atoms with Crippen LogP contribution in [-0.4, -0.2) is 29.1 Å². The molecule has 6 heteroatoms. The van der Waals surface area contributed by atoms with Gasteiger partial charge in [-0.15, -0.1) is 0 Å². The van der Waals surface area contributed by atoms with Crippen molar-refractivity contribution in [2.75, 3.05) is 0 Å². The molecule has 0 saturated carbocycles. The monoisotopic (exact) mass is 544 g/mol. The van der Waals surface area contributed by atoms with E-state index in [2.05, 4.69) is 100 Å². The minimum atomic E-state index is 0.177. The van der Waals surface area contributed by atoms with Crippen LogP contribution >= 0.6 is 0 Å². The first-order chi connectivity index (χ1) is 20.9. The fourth-order valence-corrected chi connectivity index (χ4v) is 6.50. The van der Waals surface area contributed by atoms with Gasteiger partial charge in [0.2, 0.25) is 11.9 Å². The molecule has 4 aromatic heterocycles. The number of allylic oxidation sites excluding steroid dienone is 8. The molecule has 0 radical (unpaired) electrons. The van der Waals surface area contributed by atoms with Gasteiger partial charge in [0.25, 0.3) is 0 Å². The Bertz CT molecular complexity index is 2060. The second-order valence-electron chi connectivity index (χ2n) is 10.6. The van der Waals surface area contributed by atoms with Gasteiger partial charge >= 0.3 is 0 Å². The second kappa shape index (κ2) is 10.2. The smallest absolute Gasteiger partial charge is 0.234 e. The van der Waals surface area contributed by atoms with Gasteiger partial charge in [-0.05, 0) is 54.7 Å². The summed E-state index contributed by atoms with van der Waals surface area (Å²) in [6.45, 7) is 0. The number of fused-ring (bicyclic) bond motifs is 2. The van der Waals surface area contributed by atoms with Crippen LogP contribution in [0.3, 0.4) is 0 Å². The molecule has 8 rings (SSSR count). The molecule has 6 nitrogen and oxygen atoms in total. The zero-order valence-corrected chi connectivity index (χ0v) is 23.0. The number of benzene rings is 2. The maximum atomic E-state index is 4.80. The van der Waals surface area contributed by atoms with Crippen LogP contribution in [0.4, 0.5) is 0 Å². The molecule has 0 amide bonds. The Hall–Kier alpha value is -5.36. The summed E-state index contributed by atoms with van der Waals surface area (Å²) in [5, 5.41) is 2.37. The zero-order valence-electron chi connectivity index (χ0n) is 23.0. The van der Waals surface area contributed by atoms with Crippen LogP contribution in [-0.2, 0) is 0 Å². The van der Waals surface area contributed by atoms with Crippen molar-refractivity contribution in [3.05, 3.63) is 139 Å². The average molecular weight is 545 g/mol. The predicted octanol–water partition coefficient (Wildman–Crippen LogP) is 8.15. The van der Waals surface area contributed by atoms with E-state index in [0.29, 0.717) is 11.9 Å². The van der Waals surface area contributed by atoms with E-state index < -0.39 is 0 Å². The molecule has 0 spiro atoms. The average Bonchev–Trinajstić information content (AvgIpc) is 3.59. The minimum absolute atomic E-state index is 0.177. The third-order valence-corrected chi connectivity index (χ3v) is 8.20. The molecule has 2 aliphatic carbocycles. The van der Waals surface area contributed by atoms with E-state index in [4.69, 9.17) is 19.9 Å². The zero-order chi connectivity index (χ0) is 27.9. The molecular weight excluding hydrogens is 516 g/mol. The first kappa shape index (κ1) is 24.4. The lowest BCUT2D eigenvalue weighted by atomic mass is 9.87. The van der Waals surface area contributed by atoms with Crippen molar-refractivity contribution >= 4 is 27.4 Å². The maximum Gasteiger partial charge on any atom is 0.234 e. The highest BCUT2D eigenvalue weighted by Crippen LogP contribution is 2.48. The normalized spacial score (nSPS) is 16.4. The number of aromatic nitrogens is 6. The van der Waals surface area contributed by atoms with Gasteiger partial charge < -0.3 is 0 Å². The van der Waals surface area contributed by atoms with Crippen LogP contribution in [0.25, 0.3) is 50.7 Å². The third-order valence-electron chi connectivity index (χ3n) is 8.20. The summed E-state index contributed by atoms with van der Waals surface area (Å²) in [5.74, 6) is 1.45. The van der Waals surface area contributed by atoms with Crippen LogP contribution in [0.15, 0.2) is 128 Å². The van der Waals surface area contributed by atoms with Crippen molar-refractivity contribution < 1.29 is 0 Å². The summed E-state index contributed by atoms with van der Waals surface area (Å²) in [6.07, 6.45) is 25.7. The minimum Gasteiger partial charge on any atom is -0.276 e. The number of rotatable bonds is 5. The van der Waals surface area contributed by atoms with Crippen LogP contribution in [0, 0.1) is 0 Å². The Morgan fingerprint density at radius 2 is 1.26 bits per heavy atom. The number of hydrogen-bond acceptors (Lipinski definition) is 4. The summed E-state index contributed by atoms with van der Waals surface area (Å²) >= 11 is 0. The number of hydrogen-bond donors (Lipinski definition) is 0. The molecule has 0 bridgehead atoms. The molecule has 42 heavy (non-hydrogen) atoms. The summed E-state index contributed by atoms with van der Waals surface area (Å²) in [7, 11) is 0. The summed E-state index contributed by atoms with van der Waals surface area (Å²) < 4.78 is 4.48. The van der Waals surface area contributed by atoms with Gasteiger partial charge in [0.05, 0.1) is 22.4 Å². The molecule has 202 valence electrons. The SMILES string of the molecule is C1=CCCC(c2c(-c3c(C4C=CC=CC4)c4ccccc4n3-c3ncccn3)n(-c3ncccn3)c3ccccc23)=C1. The molecular formula is C36H28N6. The van der Waals surface area contributed by atoms with Crippen molar-refractivity contribution in [1.82, 2.24) is 29.1 Å². The number of para-hydroxylation sites is 2. The lowest BCUT2D eigenvalue weighted by Crippen LogP contribution is -2.10. The molecule has 2 aromatic carbocycles. The molecule has 1 unspecified atom stereocenters. The van der Waals surface area contributed by atoms with Gasteiger partial charge in [-0.1, -0.05) is 78.9 Å². The molecule has 6 aromatic rings. The fourth-order valence-electron chi connectivity index (χ4n) is 6.50. The van der Waals surface area contributed by atoms with Crippen molar-refractivity contribution in [3.8, 4) is 23.3 Å². The Labute approximate surface area is 243 Å². The van der Waals surface area contributed by atoms with Crippen LogP contribution in [0.5, 0.6) is 0 Å². The van der Waals surface area contributed by atoms with Crippen molar-refractivity contribution in [2.24, 2.45) is 0 Å². The Kier molecular flexibility index (Phi) is 5.96. The van der Waals surface area contributed by atoms with Crippen molar-refractivity contribution in [2.45, 2.75) is 25.2 Å². The van der Waals surface area contributed by atoms with E-state index in [1.807, 2.05) is 36.9 Å². The lowest BCUT2D eigenvalue weighted by molar-refractivity contribution is 0.849. The molecule has 0 N–H and O–H groups in total. The van der Waals surface area contributed by atoms with Crippen molar-refractivity contribution in [1.29, 1.82) is 0 Å². The van der Waals surface area contributed by atoms with E-state index in [1.54, 1.807) is 0 Å². The highest BCUT2D eigenvalue weighted by molar-refractivity contribution is 6.05. The molecule has 4 heterocycles. The second-order valence-corrected chi connectivity index (χ2v) is 10.6. The van der Waals surface area contributed by atoms with Gasteiger partial charge in [0.15, 0.2) is 0 Å². The molecule has 0 fully saturated rings. The van der Waals surface area contributed by atoms with E-state index in [0.717, 1.165) is 41.7 Å². The van der Waals surface area contributed by atoms with Gasteiger partial charge in [0, 0.05) is 47.0 Å². The number of nitrogens with zero attached hydrogens (tertiary/aromatic N) is 6. The van der Waals surface area contributed by atoms with E-state index in [-0.39, 0.29) is 5.92 Å². The predicted molar refractivity (Wildman–Crippen MR) is 169 cm³/mol. The van der Waals surface area contributed by atoms with Crippen LogP contribution < -0.4 is 0 Å². The van der Waals surface area contributed by atoms with Gasteiger partial charge in [-0.3, -0.25) is 9.13 Å². The quantitative estimate of drug-likeness (QED) is 0.220. The standard InChI is InChI=1S/C36H28N6/c1-3-13-25(14-4-1)31-27-17-7-9-19-29(27)41(35-37-21-11-22-38-35)33(31)34-32(26-15-5-2-6-16-26)28-18-8-10-20-30(28)42(34)36-39-23-12-24-40-36/h1-5,7-13,15,17-25H,6,14,16H2. The largest absolute Gasteiger partial charge is 0.276 e. The van der Waals surface area contributed by atoms with Crippen LogP contribution in [0.1, 0.15) is 36.3 Å². The highest BCUT2D eigenvalue weighted by Gasteiger charge is 2.32. The van der Waals surface area contributed by atoms with Crippen LogP contribution in [0.2, 0.25) is 0 Å². The highest BCUT2D eigenvalue weighted by atomic mass is 15.2. The summed E-state index contributed by atoms with van der Waals surface area (Å²) in [6, 6.07) is 21.0. The summed E-state index contributed by atoms with van der Waals surface area (Å²) in [4.78, 5) is 19.2. The Morgan fingerprint density at radius 1 is 0.619 bits per heavy atom. The third kappa shape index (κ3) is 3.87. The van der Waals surface area contributed by atoms with E-state index in [1.165, 1.54) is 27.5 Å². The molecule has 2 aliphatic rings. The first-order valence-electron chi connectivity index (χ1n) is 14.4. The topological polar surface area (TPSA) is 61.4 Å². The fraction of sp³-hybridized carbons (Fsp3) is 0.111. The first-order valence-corrected chi connectivity index (χ1v) is 14.4. The molecule has 0 aliphatic heterocycles. The van der Waals surface area contributed by atoms with Gasteiger partial charge in [-0.2, -0.15) is 0 Å².